The molecule has 0 radical (unpaired) electrons. The SMILES string of the molecule is CC1(C)CCCC(OC2CCCNC2)C1. The maximum atomic E-state index is 6.21. The molecule has 2 fully saturated rings. The predicted molar refractivity (Wildman–Crippen MR) is 63.0 cm³/mol. The van der Waals surface area contributed by atoms with E-state index in [0.717, 1.165) is 6.54 Å². The lowest BCUT2D eigenvalue weighted by atomic mass is 9.76. The van der Waals surface area contributed by atoms with Crippen molar-refractivity contribution in [2.45, 2.75) is 64.6 Å². The van der Waals surface area contributed by atoms with Crippen molar-refractivity contribution in [3.8, 4) is 0 Å². The van der Waals surface area contributed by atoms with Crippen LogP contribution in [0.2, 0.25) is 0 Å². The Bertz CT molecular complexity index is 197. The van der Waals surface area contributed by atoms with Gasteiger partial charge in [0.25, 0.3) is 0 Å². The van der Waals surface area contributed by atoms with Crippen LogP contribution in [0.3, 0.4) is 0 Å². The van der Waals surface area contributed by atoms with Gasteiger partial charge in [-0.25, -0.2) is 0 Å². The summed E-state index contributed by atoms with van der Waals surface area (Å²) < 4.78 is 6.21. The average Bonchev–Trinajstić information content (AvgIpc) is 2.17. The lowest BCUT2D eigenvalue weighted by molar-refractivity contribution is -0.0602. The summed E-state index contributed by atoms with van der Waals surface area (Å²) in [6, 6.07) is 0. The monoisotopic (exact) mass is 211 g/mol. The van der Waals surface area contributed by atoms with E-state index in [2.05, 4.69) is 19.2 Å². The standard InChI is InChI=1S/C13H25NO/c1-13(2)7-3-5-11(9-13)15-12-6-4-8-14-10-12/h11-12,14H,3-10H2,1-2H3. The Labute approximate surface area is 93.8 Å². The fraction of sp³-hybridized carbons (Fsp3) is 1.00. The summed E-state index contributed by atoms with van der Waals surface area (Å²) >= 11 is 0. The zero-order chi connectivity index (χ0) is 10.7. The van der Waals surface area contributed by atoms with Gasteiger partial charge < -0.3 is 10.1 Å². The molecular weight excluding hydrogens is 186 g/mol. The van der Waals surface area contributed by atoms with E-state index in [4.69, 9.17) is 4.74 Å². The van der Waals surface area contributed by atoms with E-state index in [1.807, 2.05) is 0 Å². The lowest BCUT2D eigenvalue weighted by Gasteiger charge is -2.37. The van der Waals surface area contributed by atoms with Crippen molar-refractivity contribution in [1.29, 1.82) is 0 Å². The summed E-state index contributed by atoms with van der Waals surface area (Å²) in [4.78, 5) is 0. The van der Waals surface area contributed by atoms with Crippen LogP contribution in [-0.2, 0) is 4.74 Å². The normalized spacial score (nSPS) is 36.4. The zero-order valence-electron chi connectivity index (χ0n) is 10.2. The van der Waals surface area contributed by atoms with Crippen molar-refractivity contribution in [1.82, 2.24) is 5.32 Å². The second-order valence-corrected chi connectivity index (χ2v) is 5.99. The number of hydrogen-bond donors (Lipinski definition) is 1. The molecule has 2 heteroatoms. The van der Waals surface area contributed by atoms with E-state index in [9.17, 15) is 0 Å². The topological polar surface area (TPSA) is 21.3 Å². The highest BCUT2D eigenvalue weighted by atomic mass is 16.5. The highest BCUT2D eigenvalue weighted by Gasteiger charge is 2.30. The van der Waals surface area contributed by atoms with Crippen molar-refractivity contribution >= 4 is 0 Å². The molecule has 1 aliphatic carbocycles. The Kier molecular flexibility index (Phi) is 3.68. The first-order valence-electron chi connectivity index (χ1n) is 6.52. The molecule has 1 saturated carbocycles. The van der Waals surface area contributed by atoms with Gasteiger partial charge in [-0.1, -0.05) is 20.3 Å². The second kappa shape index (κ2) is 4.84. The van der Waals surface area contributed by atoms with Crippen LogP contribution >= 0.6 is 0 Å². The molecule has 1 N–H and O–H groups in total. The summed E-state index contributed by atoms with van der Waals surface area (Å²) in [5.74, 6) is 0. The molecule has 2 unspecified atom stereocenters. The number of hydrogen-bond acceptors (Lipinski definition) is 2. The minimum Gasteiger partial charge on any atom is -0.374 e. The minimum absolute atomic E-state index is 0.484. The molecule has 88 valence electrons. The van der Waals surface area contributed by atoms with E-state index in [1.54, 1.807) is 0 Å². The van der Waals surface area contributed by atoms with Gasteiger partial charge in [-0.15, -0.1) is 0 Å². The van der Waals surface area contributed by atoms with Gasteiger partial charge in [-0.2, -0.15) is 0 Å². The van der Waals surface area contributed by atoms with Crippen LogP contribution in [0.5, 0.6) is 0 Å². The Morgan fingerprint density at radius 3 is 2.60 bits per heavy atom. The first kappa shape index (κ1) is 11.4. The van der Waals surface area contributed by atoms with Crippen LogP contribution in [0, 0.1) is 5.41 Å². The highest BCUT2D eigenvalue weighted by molar-refractivity contribution is 4.81. The molecule has 1 saturated heterocycles. The quantitative estimate of drug-likeness (QED) is 0.758. The number of nitrogens with one attached hydrogen (secondary N) is 1. The molecule has 2 rings (SSSR count). The fourth-order valence-corrected chi connectivity index (χ4v) is 2.95. The first-order valence-corrected chi connectivity index (χ1v) is 6.52. The lowest BCUT2D eigenvalue weighted by Crippen LogP contribution is -2.39. The molecule has 15 heavy (non-hydrogen) atoms. The van der Waals surface area contributed by atoms with Crippen molar-refractivity contribution in [3.63, 3.8) is 0 Å². The van der Waals surface area contributed by atoms with Crippen molar-refractivity contribution in [2.75, 3.05) is 13.1 Å². The number of piperidine rings is 1. The Morgan fingerprint density at radius 2 is 1.93 bits per heavy atom. The second-order valence-electron chi connectivity index (χ2n) is 5.99. The summed E-state index contributed by atoms with van der Waals surface area (Å²) in [7, 11) is 0. The summed E-state index contributed by atoms with van der Waals surface area (Å²) in [5, 5.41) is 3.42. The third-order valence-corrected chi connectivity index (χ3v) is 3.80. The third-order valence-electron chi connectivity index (χ3n) is 3.80. The molecule has 0 aromatic carbocycles. The van der Waals surface area contributed by atoms with Crippen LogP contribution < -0.4 is 5.32 Å². The van der Waals surface area contributed by atoms with Crippen molar-refractivity contribution in [2.24, 2.45) is 5.41 Å². The van der Waals surface area contributed by atoms with Gasteiger partial charge in [-0.3, -0.25) is 0 Å². The van der Waals surface area contributed by atoms with Crippen LogP contribution in [0.15, 0.2) is 0 Å². The largest absolute Gasteiger partial charge is 0.374 e. The summed E-state index contributed by atoms with van der Waals surface area (Å²) in [5.41, 5.74) is 0.505. The predicted octanol–water partition coefficient (Wildman–Crippen LogP) is 2.72. The van der Waals surface area contributed by atoms with Gasteiger partial charge >= 0.3 is 0 Å². The zero-order valence-corrected chi connectivity index (χ0v) is 10.2. The van der Waals surface area contributed by atoms with Gasteiger partial charge in [0.2, 0.25) is 0 Å². The van der Waals surface area contributed by atoms with E-state index in [-0.39, 0.29) is 0 Å². The van der Waals surface area contributed by atoms with Gasteiger partial charge in [0.05, 0.1) is 12.2 Å². The van der Waals surface area contributed by atoms with E-state index >= 15 is 0 Å². The molecule has 0 aromatic rings. The maximum absolute atomic E-state index is 6.21. The summed E-state index contributed by atoms with van der Waals surface area (Å²) in [6.45, 7) is 7.00. The molecule has 2 aliphatic rings. The van der Waals surface area contributed by atoms with Gasteiger partial charge in [0, 0.05) is 6.54 Å². The molecule has 1 aliphatic heterocycles. The maximum Gasteiger partial charge on any atom is 0.0703 e. The van der Waals surface area contributed by atoms with Crippen LogP contribution in [-0.4, -0.2) is 25.3 Å². The van der Waals surface area contributed by atoms with Gasteiger partial charge in [0.15, 0.2) is 0 Å². The number of ether oxygens (including phenoxy) is 1. The van der Waals surface area contributed by atoms with Crippen LogP contribution in [0.4, 0.5) is 0 Å². The van der Waals surface area contributed by atoms with E-state index in [0.29, 0.717) is 17.6 Å². The third kappa shape index (κ3) is 3.46. The molecular formula is C13H25NO. The smallest absolute Gasteiger partial charge is 0.0703 e. The Morgan fingerprint density at radius 1 is 1.13 bits per heavy atom. The van der Waals surface area contributed by atoms with Crippen LogP contribution in [0.25, 0.3) is 0 Å². The van der Waals surface area contributed by atoms with Gasteiger partial charge in [0.1, 0.15) is 0 Å². The highest BCUT2D eigenvalue weighted by Crippen LogP contribution is 2.37. The first-order chi connectivity index (χ1) is 7.16. The van der Waals surface area contributed by atoms with Crippen molar-refractivity contribution in [3.05, 3.63) is 0 Å². The molecule has 2 atom stereocenters. The molecule has 1 heterocycles. The molecule has 0 amide bonds. The Balaban J connectivity index is 1.78. The van der Waals surface area contributed by atoms with E-state index in [1.165, 1.54) is 45.1 Å². The molecule has 2 nitrogen and oxygen atoms in total. The Hall–Kier alpha value is -0.0800. The average molecular weight is 211 g/mol. The molecule has 0 spiro atoms. The molecule has 0 bridgehead atoms. The molecule has 0 aromatic heterocycles. The number of rotatable bonds is 2. The fourth-order valence-electron chi connectivity index (χ4n) is 2.95. The van der Waals surface area contributed by atoms with Gasteiger partial charge in [-0.05, 0) is 44.1 Å². The van der Waals surface area contributed by atoms with Crippen molar-refractivity contribution < 1.29 is 4.74 Å². The summed E-state index contributed by atoms with van der Waals surface area (Å²) in [6.07, 6.45) is 8.79. The van der Waals surface area contributed by atoms with E-state index < -0.39 is 0 Å². The van der Waals surface area contributed by atoms with Crippen LogP contribution in [0.1, 0.15) is 52.4 Å². The minimum atomic E-state index is 0.484.